The van der Waals surface area contributed by atoms with Crippen molar-refractivity contribution in [3.05, 3.63) is 42.0 Å². The largest absolute Gasteiger partial charge is 0.337 e. The molecule has 0 unspecified atom stereocenters. The quantitative estimate of drug-likeness (QED) is 0.856. The van der Waals surface area contributed by atoms with Crippen molar-refractivity contribution >= 4 is 17.5 Å². The van der Waals surface area contributed by atoms with Gasteiger partial charge in [-0.05, 0) is 12.1 Å². The molecule has 3 rings (SSSR count). The molecule has 23 heavy (non-hydrogen) atoms. The highest BCUT2D eigenvalue weighted by Crippen LogP contribution is 2.30. The Bertz CT molecular complexity index is 713. The van der Waals surface area contributed by atoms with Gasteiger partial charge in [0, 0.05) is 38.5 Å². The summed E-state index contributed by atoms with van der Waals surface area (Å²) in [5.74, 6) is 0.777. The summed E-state index contributed by atoms with van der Waals surface area (Å²) in [4.78, 5) is 31.0. The van der Waals surface area contributed by atoms with Gasteiger partial charge in [-0.25, -0.2) is 0 Å². The van der Waals surface area contributed by atoms with E-state index in [4.69, 9.17) is 4.52 Å². The van der Waals surface area contributed by atoms with Crippen LogP contribution in [0.25, 0.3) is 0 Å². The van der Waals surface area contributed by atoms with Gasteiger partial charge in [0.2, 0.25) is 17.7 Å². The van der Waals surface area contributed by atoms with Gasteiger partial charge in [0.25, 0.3) is 0 Å². The Kier molecular flexibility index (Phi) is 4.10. The SMILES string of the molecule is CC(=O)N(C)Cc1nc([C@@H]2CC(=O)N(c3ccccc3)C2)no1. The average molecular weight is 314 g/mol. The number of carbonyl (C=O) groups is 2. The van der Waals surface area contributed by atoms with Crippen LogP contribution in [0.15, 0.2) is 34.9 Å². The Morgan fingerprint density at radius 3 is 2.83 bits per heavy atom. The lowest BCUT2D eigenvalue weighted by Gasteiger charge is -2.15. The standard InChI is InChI=1S/C16H18N4O3/c1-11(21)19(2)10-14-17-16(18-23-14)12-8-15(22)20(9-12)13-6-4-3-5-7-13/h3-7,12H,8-10H2,1-2H3/t12-/m1/s1. The van der Waals surface area contributed by atoms with Gasteiger partial charge < -0.3 is 14.3 Å². The first-order valence-corrected chi connectivity index (χ1v) is 7.44. The monoisotopic (exact) mass is 314 g/mol. The van der Waals surface area contributed by atoms with Crippen molar-refractivity contribution < 1.29 is 14.1 Å². The maximum atomic E-state index is 12.2. The Morgan fingerprint density at radius 1 is 1.39 bits per heavy atom. The number of anilines is 1. The molecule has 0 radical (unpaired) electrons. The molecule has 2 aromatic rings. The summed E-state index contributed by atoms with van der Waals surface area (Å²) in [6.07, 6.45) is 0.358. The molecule has 0 saturated carbocycles. The first-order chi connectivity index (χ1) is 11.0. The predicted molar refractivity (Wildman–Crippen MR) is 82.6 cm³/mol. The van der Waals surface area contributed by atoms with Crippen molar-refractivity contribution in [1.29, 1.82) is 0 Å². The number of amides is 2. The molecule has 1 fully saturated rings. The van der Waals surface area contributed by atoms with Crippen LogP contribution in [0.1, 0.15) is 31.0 Å². The number of hydrogen-bond donors (Lipinski definition) is 0. The van der Waals surface area contributed by atoms with E-state index in [1.807, 2.05) is 30.3 Å². The van der Waals surface area contributed by atoms with Gasteiger partial charge in [-0.3, -0.25) is 9.59 Å². The molecular formula is C16H18N4O3. The zero-order valence-electron chi connectivity index (χ0n) is 13.1. The highest BCUT2D eigenvalue weighted by molar-refractivity contribution is 5.96. The molecule has 1 aromatic carbocycles. The molecule has 0 spiro atoms. The fourth-order valence-corrected chi connectivity index (χ4v) is 2.55. The van der Waals surface area contributed by atoms with Gasteiger partial charge in [-0.15, -0.1) is 0 Å². The zero-order valence-corrected chi connectivity index (χ0v) is 13.1. The Labute approximate surface area is 133 Å². The minimum atomic E-state index is -0.0946. The smallest absolute Gasteiger partial charge is 0.246 e. The Balaban J connectivity index is 1.70. The van der Waals surface area contributed by atoms with Gasteiger partial charge >= 0.3 is 0 Å². The Hall–Kier alpha value is -2.70. The lowest BCUT2D eigenvalue weighted by atomic mass is 10.1. The van der Waals surface area contributed by atoms with Crippen LogP contribution in [0.2, 0.25) is 0 Å². The van der Waals surface area contributed by atoms with Gasteiger partial charge in [-0.1, -0.05) is 23.4 Å². The number of aromatic nitrogens is 2. The third-order valence-electron chi connectivity index (χ3n) is 3.95. The summed E-state index contributed by atoms with van der Waals surface area (Å²) in [6.45, 7) is 2.28. The molecular weight excluding hydrogens is 296 g/mol. The van der Waals surface area contributed by atoms with E-state index in [1.165, 1.54) is 11.8 Å². The third kappa shape index (κ3) is 3.23. The third-order valence-corrected chi connectivity index (χ3v) is 3.95. The van der Waals surface area contributed by atoms with Crippen LogP contribution in [0.5, 0.6) is 0 Å². The average Bonchev–Trinajstić information content (AvgIpc) is 3.14. The number of benzene rings is 1. The molecule has 2 heterocycles. The summed E-state index contributed by atoms with van der Waals surface area (Å²) in [7, 11) is 1.67. The normalized spacial score (nSPS) is 17.6. The van der Waals surface area contributed by atoms with E-state index in [0.717, 1.165) is 5.69 Å². The van der Waals surface area contributed by atoms with Crippen molar-refractivity contribution in [2.24, 2.45) is 0 Å². The number of carbonyl (C=O) groups excluding carboxylic acids is 2. The zero-order chi connectivity index (χ0) is 16.4. The minimum absolute atomic E-state index is 0.0494. The number of nitrogens with zero attached hydrogens (tertiary/aromatic N) is 4. The van der Waals surface area contributed by atoms with E-state index in [-0.39, 0.29) is 24.3 Å². The maximum Gasteiger partial charge on any atom is 0.246 e. The molecule has 120 valence electrons. The van der Waals surface area contributed by atoms with Crippen LogP contribution in [-0.2, 0) is 16.1 Å². The maximum absolute atomic E-state index is 12.2. The van der Waals surface area contributed by atoms with E-state index >= 15 is 0 Å². The predicted octanol–water partition coefficient (Wildman–Crippen LogP) is 1.57. The molecule has 1 saturated heterocycles. The number of para-hydroxylation sites is 1. The van der Waals surface area contributed by atoms with E-state index in [2.05, 4.69) is 10.1 Å². The highest BCUT2D eigenvalue weighted by Gasteiger charge is 2.34. The highest BCUT2D eigenvalue weighted by atomic mass is 16.5. The van der Waals surface area contributed by atoms with Crippen LogP contribution in [0, 0.1) is 0 Å². The van der Waals surface area contributed by atoms with Gasteiger partial charge in [-0.2, -0.15) is 4.98 Å². The van der Waals surface area contributed by atoms with Crippen LogP contribution in [0.4, 0.5) is 5.69 Å². The van der Waals surface area contributed by atoms with Gasteiger partial charge in [0.05, 0.1) is 6.54 Å². The lowest BCUT2D eigenvalue weighted by molar-refractivity contribution is -0.128. The molecule has 1 aliphatic rings. The van der Waals surface area contributed by atoms with E-state index in [9.17, 15) is 9.59 Å². The summed E-state index contributed by atoms with van der Waals surface area (Å²) in [5, 5.41) is 3.97. The van der Waals surface area contributed by atoms with E-state index in [0.29, 0.717) is 24.7 Å². The van der Waals surface area contributed by atoms with Crippen LogP contribution in [0.3, 0.4) is 0 Å². The molecule has 0 bridgehead atoms. The second kappa shape index (κ2) is 6.20. The second-order valence-corrected chi connectivity index (χ2v) is 5.66. The fraction of sp³-hybridized carbons (Fsp3) is 0.375. The van der Waals surface area contributed by atoms with Crippen molar-refractivity contribution in [3.8, 4) is 0 Å². The summed E-state index contributed by atoms with van der Waals surface area (Å²) >= 11 is 0. The van der Waals surface area contributed by atoms with Crippen molar-refractivity contribution in [2.75, 3.05) is 18.5 Å². The summed E-state index contributed by atoms with van der Waals surface area (Å²) in [5.41, 5.74) is 0.875. The topological polar surface area (TPSA) is 79.5 Å². The van der Waals surface area contributed by atoms with Crippen molar-refractivity contribution in [1.82, 2.24) is 15.0 Å². The summed E-state index contributed by atoms with van der Waals surface area (Å²) < 4.78 is 5.19. The van der Waals surface area contributed by atoms with E-state index in [1.54, 1.807) is 11.9 Å². The minimum Gasteiger partial charge on any atom is -0.337 e. The van der Waals surface area contributed by atoms with Gasteiger partial charge in [0.15, 0.2) is 5.82 Å². The second-order valence-electron chi connectivity index (χ2n) is 5.66. The molecule has 1 aliphatic heterocycles. The first-order valence-electron chi connectivity index (χ1n) is 7.44. The molecule has 0 N–H and O–H groups in total. The lowest BCUT2D eigenvalue weighted by Crippen LogP contribution is -2.24. The molecule has 7 nitrogen and oxygen atoms in total. The molecule has 2 amide bonds. The van der Waals surface area contributed by atoms with Crippen LogP contribution >= 0.6 is 0 Å². The van der Waals surface area contributed by atoms with Crippen LogP contribution < -0.4 is 4.90 Å². The molecule has 7 heteroatoms. The fourth-order valence-electron chi connectivity index (χ4n) is 2.55. The van der Waals surface area contributed by atoms with Crippen LogP contribution in [-0.4, -0.2) is 40.4 Å². The molecule has 1 aromatic heterocycles. The number of rotatable bonds is 4. The Morgan fingerprint density at radius 2 is 2.13 bits per heavy atom. The first kappa shape index (κ1) is 15.2. The summed E-state index contributed by atoms with van der Waals surface area (Å²) in [6, 6.07) is 9.53. The van der Waals surface area contributed by atoms with Gasteiger partial charge in [0.1, 0.15) is 0 Å². The number of hydrogen-bond acceptors (Lipinski definition) is 5. The molecule has 1 atom stereocenters. The van der Waals surface area contributed by atoms with Crippen molar-refractivity contribution in [3.63, 3.8) is 0 Å². The van der Waals surface area contributed by atoms with Crippen molar-refractivity contribution in [2.45, 2.75) is 25.8 Å². The van der Waals surface area contributed by atoms with E-state index < -0.39 is 0 Å². The molecule has 0 aliphatic carbocycles.